The highest BCUT2D eigenvalue weighted by atomic mass is 16.3. The Morgan fingerprint density at radius 2 is 1.39 bits per heavy atom. The summed E-state index contributed by atoms with van der Waals surface area (Å²) in [7, 11) is 0. The molecule has 2 aromatic carbocycles. The number of anilines is 2. The van der Waals surface area contributed by atoms with Crippen LogP contribution >= 0.6 is 0 Å². The Labute approximate surface area is 231 Å². The molecule has 0 amide bonds. The quantitative estimate of drug-likeness (QED) is 0.378. The lowest BCUT2D eigenvalue weighted by Crippen LogP contribution is -2.31. The lowest BCUT2D eigenvalue weighted by atomic mass is 9.73. The van der Waals surface area contributed by atoms with Crippen molar-refractivity contribution in [2.45, 2.75) is 117 Å². The van der Waals surface area contributed by atoms with E-state index in [1.807, 2.05) is 0 Å². The summed E-state index contributed by atoms with van der Waals surface area (Å²) in [6.07, 6.45) is 2.33. The van der Waals surface area contributed by atoms with E-state index in [2.05, 4.69) is 129 Å². The number of aromatic nitrogens is 1. The molecule has 1 heterocycles. The maximum absolute atomic E-state index is 10.8. The second-order valence-corrected chi connectivity index (χ2v) is 14.2. The molecule has 1 aliphatic rings. The van der Waals surface area contributed by atoms with Gasteiger partial charge in [-0.05, 0) is 82.9 Å². The number of fused-ring (bicyclic) bond motifs is 1. The lowest BCUT2D eigenvalue weighted by molar-refractivity contribution is 0.151. The van der Waals surface area contributed by atoms with Gasteiger partial charge in [0.15, 0.2) is 0 Å². The van der Waals surface area contributed by atoms with Crippen molar-refractivity contribution < 1.29 is 5.11 Å². The Bertz CT molecular complexity index is 1240. The van der Waals surface area contributed by atoms with Crippen LogP contribution < -0.4 is 4.90 Å². The van der Waals surface area contributed by atoms with Crippen molar-refractivity contribution in [2.24, 2.45) is 0 Å². The number of rotatable bonds is 4. The highest BCUT2D eigenvalue weighted by Crippen LogP contribution is 2.48. The van der Waals surface area contributed by atoms with Crippen molar-refractivity contribution in [1.82, 2.24) is 4.98 Å². The van der Waals surface area contributed by atoms with Gasteiger partial charge in [-0.3, -0.25) is 4.98 Å². The van der Waals surface area contributed by atoms with Crippen LogP contribution in [0.15, 0.2) is 54.6 Å². The molecule has 1 N–H and O–H groups in total. The summed E-state index contributed by atoms with van der Waals surface area (Å²) in [4.78, 5) is 7.61. The summed E-state index contributed by atoms with van der Waals surface area (Å²) in [6.45, 7) is 23.1. The van der Waals surface area contributed by atoms with Crippen LogP contribution in [0.25, 0.3) is 0 Å². The van der Waals surface area contributed by atoms with Gasteiger partial charge in [-0.1, -0.05) is 98.7 Å². The van der Waals surface area contributed by atoms with Gasteiger partial charge >= 0.3 is 0 Å². The second-order valence-electron chi connectivity index (χ2n) is 14.2. The third-order valence-electron chi connectivity index (χ3n) is 7.96. The summed E-state index contributed by atoms with van der Waals surface area (Å²) in [5.74, 6) is 0. The Kier molecular flexibility index (Phi) is 7.58. The van der Waals surface area contributed by atoms with Crippen LogP contribution in [-0.4, -0.2) is 10.1 Å². The van der Waals surface area contributed by atoms with Crippen LogP contribution in [-0.2, 0) is 22.7 Å². The normalized spacial score (nSPS) is 17.2. The Morgan fingerprint density at radius 3 is 1.92 bits per heavy atom. The molecule has 0 fully saturated rings. The summed E-state index contributed by atoms with van der Waals surface area (Å²) in [6, 6.07) is 20.0. The topological polar surface area (TPSA) is 36.4 Å². The molecular weight excluding hydrogens is 464 g/mol. The molecule has 3 heteroatoms. The van der Waals surface area contributed by atoms with Crippen LogP contribution in [0.2, 0.25) is 0 Å². The van der Waals surface area contributed by atoms with Crippen LogP contribution in [0.3, 0.4) is 0 Å². The van der Waals surface area contributed by atoms with Gasteiger partial charge < -0.3 is 10.0 Å². The van der Waals surface area contributed by atoms with E-state index in [1.54, 1.807) is 0 Å². The number of hydrogen-bond acceptors (Lipinski definition) is 3. The Morgan fingerprint density at radius 1 is 0.816 bits per heavy atom. The van der Waals surface area contributed by atoms with Crippen molar-refractivity contribution >= 4 is 11.4 Å². The zero-order chi connectivity index (χ0) is 28.0. The van der Waals surface area contributed by atoms with Crippen LogP contribution in [0, 0.1) is 0 Å². The highest BCUT2D eigenvalue weighted by Gasteiger charge is 2.34. The van der Waals surface area contributed by atoms with Crippen molar-refractivity contribution in [3.63, 3.8) is 0 Å². The van der Waals surface area contributed by atoms with Crippen LogP contribution in [0.1, 0.15) is 128 Å². The minimum atomic E-state index is -0.475. The molecule has 1 aliphatic carbocycles. The molecule has 204 valence electrons. The molecule has 0 radical (unpaired) electrons. The van der Waals surface area contributed by atoms with Crippen molar-refractivity contribution in [3.05, 3.63) is 88.2 Å². The molecule has 0 saturated heterocycles. The molecule has 38 heavy (non-hydrogen) atoms. The van der Waals surface area contributed by atoms with Gasteiger partial charge in [0.05, 0.1) is 23.5 Å². The average Bonchev–Trinajstić information content (AvgIpc) is 2.83. The standard InChI is InChI=1S/C35H48N2O/c1-23(29-20-19-24-15-14-18-30(38)31(24)36-29)37(26-16-12-11-13-17-26)32-27(34(5,6)7)21-25(33(2,3)4)22-28(32)35(8,9)10/h11-13,16-17,19-23,30,38H,14-15,18H2,1-10H3. The number of nitrogens with zero attached hydrogens (tertiary/aromatic N) is 2. The zero-order valence-electron chi connectivity index (χ0n) is 25.3. The minimum Gasteiger partial charge on any atom is -0.387 e. The fraction of sp³-hybridized carbons (Fsp3) is 0.514. The number of benzene rings is 2. The lowest BCUT2D eigenvalue weighted by Gasteiger charge is -2.41. The third-order valence-corrected chi connectivity index (χ3v) is 7.96. The monoisotopic (exact) mass is 512 g/mol. The van der Waals surface area contributed by atoms with Crippen molar-refractivity contribution in [1.29, 1.82) is 0 Å². The first-order valence-electron chi connectivity index (χ1n) is 14.3. The Hall–Kier alpha value is -2.65. The van der Waals surface area contributed by atoms with Gasteiger partial charge in [0.25, 0.3) is 0 Å². The minimum absolute atomic E-state index is 0.0282. The van der Waals surface area contributed by atoms with E-state index in [0.29, 0.717) is 0 Å². The maximum Gasteiger partial charge on any atom is 0.0962 e. The van der Waals surface area contributed by atoms with Crippen LogP contribution in [0.5, 0.6) is 0 Å². The zero-order valence-corrected chi connectivity index (χ0v) is 25.3. The highest BCUT2D eigenvalue weighted by molar-refractivity contribution is 5.74. The molecule has 2 atom stereocenters. The van der Waals surface area contributed by atoms with Gasteiger partial charge in [0, 0.05) is 11.4 Å². The fourth-order valence-electron chi connectivity index (χ4n) is 5.61. The van der Waals surface area contributed by atoms with E-state index >= 15 is 0 Å². The molecule has 3 aromatic rings. The fourth-order valence-corrected chi connectivity index (χ4v) is 5.61. The van der Waals surface area contributed by atoms with E-state index in [-0.39, 0.29) is 22.3 Å². The molecular formula is C35H48N2O. The van der Waals surface area contributed by atoms with Gasteiger partial charge in [-0.2, -0.15) is 0 Å². The summed E-state index contributed by atoms with van der Waals surface area (Å²) in [5.41, 5.74) is 9.45. The van der Waals surface area contributed by atoms with Gasteiger partial charge in [0.2, 0.25) is 0 Å². The molecule has 1 aromatic heterocycles. The third kappa shape index (κ3) is 5.69. The number of aliphatic hydroxyl groups excluding tert-OH is 1. The van der Waals surface area contributed by atoms with E-state index in [0.717, 1.165) is 36.3 Å². The Balaban J connectivity index is 2.03. The molecule has 0 spiro atoms. The van der Waals surface area contributed by atoms with Gasteiger partial charge in [-0.15, -0.1) is 0 Å². The summed E-state index contributed by atoms with van der Waals surface area (Å²) >= 11 is 0. The number of para-hydroxylation sites is 1. The molecule has 0 bridgehead atoms. The van der Waals surface area contributed by atoms with E-state index < -0.39 is 6.10 Å². The average molecular weight is 513 g/mol. The van der Waals surface area contributed by atoms with Crippen molar-refractivity contribution in [2.75, 3.05) is 4.90 Å². The summed E-state index contributed by atoms with van der Waals surface area (Å²) < 4.78 is 0. The van der Waals surface area contributed by atoms with Crippen molar-refractivity contribution in [3.8, 4) is 0 Å². The molecule has 3 nitrogen and oxygen atoms in total. The summed E-state index contributed by atoms with van der Waals surface area (Å²) in [5, 5.41) is 10.8. The number of pyridine rings is 1. The number of aliphatic hydroxyl groups is 1. The van der Waals surface area contributed by atoms with Gasteiger partial charge in [-0.25, -0.2) is 0 Å². The molecule has 0 saturated carbocycles. The predicted molar refractivity (Wildman–Crippen MR) is 162 cm³/mol. The van der Waals surface area contributed by atoms with Crippen LogP contribution in [0.4, 0.5) is 11.4 Å². The van der Waals surface area contributed by atoms with E-state index in [4.69, 9.17) is 4.98 Å². The molecule has 4 rings (SSSR count). The van der Waals surface area contributed by atoms with E-state index in [9.17, 15) is 5.11 Å². The molecule has 2 unspecified atom stereocenters. The number of hydrogen-bond donors (Lipinski definition) is 1. The smallest absolute Gasteiger partial charge is 0.0962 e. The first-order chi connectivity index (χ1) is 17.6. The molecule has 0 aliphatic heterocycles. The second kappa shape index (κ2) is 10.2. The number of aryl methyl sites for hydroxylation is 1. The predicted octanol–water partition coefficient (Wildman–Crippen LogP) is 9.24. The first-order valence-corrected chi connectivity index (χ1v) is 14.3. The largest absolute Gasteiger partial charge is 0.387 e. The first kappa shape index (κ1) is 28.4. The van der Waals surface area contributed by atoms with E-state index in [1.165, 1.54) is 27.9 Å². The SMILES string of the molecule is CC(c1ccc2c(n1)C(O)CCC2)N(c1ccccc1)c1c(C(C)(C)C)cc(C(C)(C)C)cc1C(C)(C)C. The maximum atomic E-state index is 10.8. The van der Waals surface area contributed by atoms with Gasteiger partial charge in [0.1, 0.15) is 0 Å².